The van der Waals surface area contributed by atoms with Gasteiger partial charge in [-0.05, 0) is 68.1 Å². The Morgan fingerprint density at radius 2 is 1.69 bits per heavy atom. The molecule has 2 aromatic carbocycles. The molecule has 0 saturated heterocycles. The third-order valence-corrected chi connectivity index (χ3v) is 7.31. The van der Waals surface area contributed by atoms with Crippen LogP contribution in [0.2, 0.25) is 0 Å². The number of para-hydroxylation sites is 2. The van der Waals surface area contributed by atoms with Crippen molar-refractivity contribution < 1.29 is 23.9 Å². The van der Waals surface area contributed by atoms with E-state index in [1.54, 1.807) is 55.8 Å². The van der Waals surface area contributed by atoms with Crippen molar-refractivity contribution in [1.29, 1.82) is 0 Å². The molecule has 0 bridgehead atoms. The number of ether oxygens (including phenoxy) is 2. The molecule has 9 heteroatoms. The van der Waals surface area contributed by atoms with E-state index in [2.05, 4.69) is 15.6 Å². The molecule has 1 aliphatic rings. The normalized spacial score (nSPS) is 14.0. The first-order valence-corrected chi connectivity index (χ1v) is 14.7. The fraction of sp³-hybridized carbons (Fsp3) is 0.394. The van der Waals surface area contributed by atoms with Crippen LogP contribution in [-0.4, -0.2) is 42.5 Å². The van der Waals surface area contributed by atoms with E-state index in [9.17, 15) is 14.4 Å². The predicted molar refractivity (Wildman–Crippen MR) is 163 cm³/mol. The number of aromatic nitrogens is 1. The van der Waals surface area contributed by atoms with E-state index in [4.69, 9.17) is 9.47 Å². The maximum Gasteiger partial charge on any atom is 0.248 e. The van der Waals surface area contributed by atoms with E-state index >= 15 is 0 Å². The molecule has 0 radical (unpaired) electrons. The molecule has 3 aromatic rings. The van der Waals surface area contributed by atoms with Crippen LogP contribution in [0.15, 0.2) is 72.9 Å². The van der Waals surface area contributed by atoms with Gasteiger partial charge in [-0.2, -0.15) is 0 Å². The number of amides is 3. The molecule has 42 heavy (non-hydrogen) atoms. The predicted octanol–water partition coefficient (Wildman–Crippen LogP) is 5.82. The second-order valence-corrected chi connectivity index (χ2v) is 10.3. The number of hydrogen-bond acceptors (Lipinski definition) is 6. The second kappa shape index (κ2) is 15.6. The van der Waals surface area contributed by atoms with Crippen LogP contribution in [0.4, 0.5) is 11.5 Å². The summed E-state index contributed by atoms with van der Waals surface area (Å²) in [6.07, 6.45) is 7.20. The van der Waals surface area contributed by atoms with Crippen LogP contribution in [-0.2, 0) is 14.4 Å². The van der Waals surface area contributed by atoms with Gasteiger partial charge < -0.3 is 20.1 Å². The molecular formula is C33H40N4O5. The lowest BCUT2D eigenvalue weighted by atomic mass is 9.94. The van der Waals surface area contributed by atoms with Crippen molar-refractivity contribution in [2.75, 3.05) is 23.9 Å². The zero-order chi connectivity index (χ0) is 29.7. The van der Waals surface area contributed by atoms with E-state index in [0.717, 1.165) is 32.1 Å². The molecule has 9 nitrogen and oxygen atoms in total. The summed E-state index contributed by atoms with van der Waals surface area (Å²) in [5.74, 6) is 0.846. The molecule has 222 valence electrons. The van der Waals surface area contributed by atoms with Crippen LogP contribution in [0.25, 0.3) is 0 Å². The molecule has 1 aliphatic carbocycles. The first-order valence-electron chi connectivity index (χ1n) is 14.7. The van der Waals surface area contributed by atoms with Crippen LogP contribution in [0.3, 0.4) is 0 Å². The Hall–Kier alpha value is -4.40. The Balaban J connectivity index is 1.63. The van der Waals surface area contributed by atoms with Gasteiger partial charge in [0.1, 0.15) is 23.4 Å². The number of carbonyl (C=O) groups is 3. The summed E-state index contributed by atoms with van der Waals surface area (Å²) < 4.78 is 11.3. The minimum absolute atomic E-state index is 0.0550. The first-order chi connectivity index (χ1) is 20.5. The monoisotopic (exact) mass is 572 g/mol. The lowest BCUT2D eigenvalue weighted by Gasteiger charge is -2.34. The second-order valence-electron chi connectivity index (χ2n) is 10.3. The van der Waals surface area contributed by atoms with Crippen LogP contribution in [0, 0.1) is 0 Å². The third-order valence-electron chi connectivity index (χ3n) is 7.31. The largest absolute Gasteiger partial charge is 0.497 e. The maximum absolute atomic E-state index is 14.1. The molecule has 0 unspecified atom stereocenters. The molecule has 0 spiro atoms. The van der Waals surface area contributed by atoms with Gasteiger partial charge in [0.15, 0.2) is 0 Å². The Morgan fingerprint density at radius 1 is 0.952 bits per heavy atom. The molecular weight excluding hydrogens is 532 g/mol. The summed E-state index contributed by atoms with van der Waals surface area (Å²) in [5.41, 5.74) is 1.15. The lowest BCUT2D eigenvalue weighted by molar-refractivity contribution is -0.127. The summed E-state index contributed by atoms with van der Waals surface area (Å²) in [5, 5.41) is 5.98. The first kappa shape index (κ1) is 30.6. The molecule has 1 aromatic heterocycles. The number of carbonyl (C=O) groups excluding carboxylic acids is 3. The summed E-state index contributed by atoms with van der Waals surface area (Å²) >= 11 is 0. The highest BCUT2D eigenvalue weighted by Gasteiger charge is 2.35. The van der Waals surface area contributed by atoms with Gasteiger partial charge in [0, 0.05) is 25.1 Å². The lowest BCUT2D eigenvalue weighted by Crippen LogP contribution is -2.47. The quantitative estimate of drug-likeness (QED) is 0.267. The summed E-state index contributed by atoms with van der Waals surface area (Å²) in [7, 11) is 1.58. The molecule has 2 N–H and O–H groups in total. The number of methoxy groups -OCH3 is 1. The van der Waals surface area contributed by atoms with E-state index in [1.165, 1.54) is 4.90 Å². The highest BCUT2D eigenvalue weighted by molar-refractivity contribution is 6.02. The van der Waals surface area contributed by atoms with Crippen molar-refractivity contribution in [2.45, 2.75) is 70.4 Å². The number of nitrogens with one attached hydrogen (secondary N) is 2. The van der Waals surface area contributed by atoms with Crippen molar-refractivity contribution in [3.05, 3.63) is 78.5 Å². The van der Waals surface area contributed by atoms with Gasteiger partial charge in [0.05, 0.1) is 19.4 Å². The van der Waals surface area contributed by atoms with Crippen molar-refractivity contribution >= 4 is 29.2 Å². The minimum Gasteiger partial charge on any atom is -0.497 e. The van der Waals surface area contributed by atoms with E-state index < -0.39 is 6.04 Å². The maximum atomic E-state index is 14.1. The summed E-state index contributed by atoms with van der Waals surface area (Å²) in [4.78, 5) is 46.4. The van der Waals surface area contributed by atoms with Gasteiger partial charge in [-0.3, -0.25) is 19.3 Å². The van der Waals surface area contributed by atoms with Crippen molar-refractivity contribution in [2.24, 2.45) is 0 Å². The molecule has 4 rings (SSSR count). The molecule has 1 heterocycles. The van der Waals surface area contributed by atoms with Crippen LogP contribution in [0.1, 0.15) is 69.9 Å². The van der Waals surface area contributed by atoms with Gasteiger partial charge in [-0.15, -0.1) is 0 Å². The molecule has 0 aliphatic heterocycles. The van der Waals surface area contributed by atoms with Gasteiger partial charge in [0.2, 0.25) is 17.7 Å². The Morgan fingerprint density at radius 3 is 2.38 bits per heavy atom. The highest BCUT2D eigenvalue weighted by Crippen LogP contribution is 2.36. The number of hydrogen-bond donors (Lipinski definition) is 2. The summed E-state index contributed by atoms with van der Waals surface area (Å²) in [6, 6.07) is 18.8. The number of benzene rings is 2. The fourth-order valence-electron chi connectivity index (χ4n) is 5.24. The van der Waals surface area contributed by atoms with Crippen LogP contribution in [0.5, 0.6) is 11.5 Å². The summed E-state index contributed by atoms with van der Waals surface area (Å²) in [6.45, 7) is 2.27. The smallest absolute Gasteiger partial charge is 0.248 e. The standard InChI is InChI=1S/C33H40N4O5/c1-3-42-28-15-8-7-14-27(28)37(31(39)18-11-17-30(38)36-29-16-9-10-23-34-29)32(24-19-21-26(41-2)22-20-24)33(40)35-25-12-5-4-6-13-25/h7-10,14-16,19-23,25,32H,3-6,11-13,17-18H2,1-2H3,(H,35,40)(H,34,36,38)/t32-/m0/s1. The third kappa shape index (κ3) is 8.31. The zero-order valence-corrected chi connectivity index (χ0v) is 24.4. The topological polar surface area (TPSA) is 110 Å². The van der Waals surface area contributed by atoms with Crippen LogP contribution >= 0.6 is 0 Å². The van der Waals surface area contributed by atoms with Crippen molar-refractivity contribution in [3.63, 3.8) is 0 Å². The Labute approximate surface area is 247 Å². The Kier molecular flexibility index (Phi) is 11.3. The number of pyridine rings is 1. The van der Waals surface area contributed by atoms with Gasteiger partial charge in [0.25, 0.3) is 0 Å². The SMILES string of the molecule is CCOc1ccccc1N(C(=O)CCCC(=O)Nc1ccccn1)[C@H](C(=O)NC1CCCCC1)c1ccc(OC)cc1. The van der Waals surface area contributed by atoms with E-state index in [1.807, 2.05) is 31.2 Å². The van der Waals surface area contributed by atoms with Crippen LogP contribution < -0.4 is 25.0 Å². The molecule has 3 amide bonds. The highest BCUT2D eigenvalue weighted by atomic mass is 16.5. The molecule has 1 atom stereocenters. The zero-order valence-electron chi connectivity index (χ0n) is 24.4. The van der Waals surface area contributed by atoms with Crippen molar-refractivity contribution in [3.8, 4) is 11.5 Å². The number of anilines is 2. The van der Waals surface area contributed by atoms with Gasteiger partial charge in [-0.25, -0.2) is 4.98 Å². The van der Waals surface area contributed by atoms with Gasteiger partial charge in [-0.1, -0.05) is 49.6 Å². The van der Waals surface area contributed by atoms with Crippen molar-refractivity contribution in [1.82, 2.24) is 10.3 Å². The molecule has 1 saturated carbocycles. The van der Waals surface area contributed by atoms with E-state index in [0.29, 0.717) is 41.6 Å². The minimum atomic E-state index is -0.950. The fourth-order valence-corrected chi connectivity index (χ4v) is 5.24. The average Bonchev–Trinajstić information content (AvgIpc) is 3.01. The number of nitrogens with zero attached hydrogens (tertiary/aromatic N) is 2. The number of rotatable bonds is 13. The Bertz CT molecular complexity index is 1310. The molecule has 1 fully saturated rings. The average molecular weight is 573 g/mol. The van der Waals surface area contributed by atoms with E-state index in [-0.39, 0.29) is 36.6 Å². The van der Waals surface area contributed by atoms with Gasteiger partial charge >= 0.3 is 0 Å².